The molecule has 1 aromatic carbocycles. The first kappa shape index (κ1) is 19.3. The molecule has 3 rings (SSSR count). The van der Waals surface area contributed by atoms with Gasteiger partial charge in [-0.05, 0) is 37.8 Å². The lowest BCUT2D eigenvalue weighted by Crippen LogP contribution is -2.52. The van der Waals surface area contributed by atoms with Crippen LogP contribution in [0.4, 0.5) is 5.13 Å². The number of anilines is 1. The quantitative estimate of drug-likeness (QED) is 0.817. The molecule has 27 heavy (non-hydrogen) atoms. The summed E-state index contributed by atoms with van der Waals surface area (Å²) in [5.41, 5.74) is 7.32. The Hall–Kier alpha value is -2.48. The van der Waals surface area contributed by atoms with Gasteiger partial charge in [-0.3, -0.25) is 9.59 Å². The highest BCUT2D eigenvalue weighted by Crippen LogP contribution is 2.22. The van der Waals surface area contributed by atoms with Gasteiger partial charge in [0.1, 0.15) is 5.01 Å². The molecule has 0 unspecified atom stereocenters. The maximum Gasteiger partial charge on any atom is 0.251 e. The van der Waals surface area contributed by atoms with E-state index in [9.17, 15) is 9.59 Å². The van der Waals surface area contributed by atoms with Crippen molar-refractivity contribution in [3.8, 4) is 0 Å². The van der Waals surface area contributed by atoms with E-state index < -0.39 is 0 Å². The van der Waals surface area contributed by atoms with Gasteiger partial charge in [0.25, 0.3) is 5.91 Å². The molecule has 1 fully saturated rings. The summed E-state index contributed by atoms with van der Waals surface area (Å²) in [5.74, 6) is 0.218. The second-order valence-corrected chi connectivity index (χ2v) is 8.05. The van der Waals surface area contributed by atoms with E-state index in [1.54, 1.807) is 0 Å². The first-order valence-corrected chi connectivity index (χ1v) is 10.0. The molecule has 2 heterocycles. The molecule has 2 aromatic rings. The van der Waals surface area contributed by atoms with Crippen LogP contribution in [0.2, 0.25) is 0 Å². The number of aromatic nitrogens is 2. The van der Waals surface area contributed by atoms with Crippen LogP contribution in [-0.4, -0.2) is 46.0 Å². The van der Waals surface area contributed by atoms with E-state index in [0.717, 1.165) is 18.4 Å². The summed E-state index contributed by atoms with van der Waals surface area (Å²) in [7, 11) is 0. The van der Waals surface area contributed by atoms with Crippen molar-refractivity contribution in [1.82, 2.24) is 20.4 Å². The number of aryl methyl sites for hydroxylation is 1. The minimum atomic E-state index is -0.0498. The fourth-order valence-corrected chi connectivity index (χ4v) is 4.08. The number of amides is 2. The number of nitrogens with one attached hydrogen (secondary N) is 1. The summed E-state index contributed by atoms with van der Waals surface area (Å²) in [6.07, 6.45) is 1.87. The Balaban J connectivity index is 1.59. The Morgan fingerprint density at radius 3 is 2.85 bits per heavy atom. The van der Waals surface area contributed by atoms with Crippen LogP contribution in [0.3, 0.4) is 0 Å². The van der Waals surface area contributed by atoms with E-state index in [0.29, 0.717) is 28.8 Å². The van der Waals surface area contributed by atoms with Gasteiger partial charge in [0.2, 0.25) is 11.0 Å². The predicted octanol–water partition coefficient (Wildman–Crippen LogP) is 2.03. The van der Waals surface area contributed by atoms with E-state index in [2.05, 4.69) is 22.4 Å². The smallest absolute Gasteiger partial charge is 0.251 e. The molecule has 1 saturated heterocycles. The fraction of sp³-hybridized carbons (Fsp3) is 0.474. The summed E-state index contributed by atoms with van der Waals surface area (Å²) < 4.78 is 0. The average molecular weight is 388 g/mol. The highest BCUT2D eigenvalue weighted by molar-refractivity contribution is 7.15. The molecule has 0 bridgehead atoms. The van der Waals surface area contributed by atoms with Crippen LogP contribution in [0.5, 0.6) is 0 Å². The van der Waals surface area contributed by atoms with Crippen LogP contribution < -0.4 is 11.1 Å². The summed E-state index contributed by atoms with van der Waals surface area (Å²) in [6.45, 7) is 5.34. The Kier molecular flexibility index (Phi) is 6.05. The molecule has 0 saturated carbocycles. The lowest BCUT2D eigenvalue weighted by atomic mass is 9.89. The van der Waals surface area contributed by atoms with Crippen molar-refractivity contribution >= 4 is 28.3 Å². The summed E-state index contributed by atoms with van der Waals surface area (Å²) in [5, 5.41) is 11.9. The van der Waals surface area contributed by atoms with E-state index >= 15 is 0 Å². The molecule has 0 spiro atoms. The molecule has 0 radical (unpaired) electrons. The second-order valence-electron chi connectivity index (χ2n) is 6.96. The van der Waals surface area contributed by atoms with Crippen molar-refractivity contribution in [3.63, 3.8) is 0 Å². The minimum absolute atomic E-state index is 0.0352. The number of benzene rings is 1. The number of piperidine rings is 1. The van der Waals surface area contributed by atoms with Crippen molar-refractivity contribution in [2.75, 3.05) is 18.8 Å². The predicted molar refractivity (Wildman–Crippen MR) is 105 cm³/mol. The van der Waals surface area contributed by atoms with Crippen LogP contribution >= 0.6 is 11.3 Å². The molecule has 1 aliphatic heterocycles. The van der Waals surface area contributed by atoms with E-state index in [-0.39, 0.29) is 30.2 Å². The number of carbonyl (C=O) groups excluding carboxylic acids is 2. The zero-order valence-electron chi connectivity index (χ0n) is 15.6. The standard InChI is InChI=1S/C19H25N5O2S/c1-3-13-11-24(17(25)10-16-22-23-19(20)27-16)8-7-15(13)21-18(26)14-6-4-5-12(2)9-14/h4-6,9,13,15H,3,7-8,10-11H2,1-2H3,(H2,20,23)(H,21,26)/t13-,15+/m1/s1. The normalized spacial score (nSPS) is 19.7. The molecule has 144 valence electrons. The van der Waals surface area contributed by atoms with Gasteiger partial charge < -0.3 is 16.0 Å². The Morgan fingerprint density at radius 1 is 1.37 bits per heavy atom. The van der Waals surface area contributed by atoms with Crippen LogP contribution in [0, 0.1) is 12.8 Å². The Bertz CT molecular complexity index is 822. The molecule has 1 aromatic heterocycles. The van der Waals surface area contributed by atoms with Crippen molar-refractivity contribution < 1.29 is 9.59 Å². The topological polar surface area (TPSA) is 101 Å². The number of nitrogens with zero attached hydrogens (tertiary/aromatic N) is 3. The van der Waals surface area contributed by atoms with Crippen LogP contribution in [0.15, 0.2) is 24.3 Å². The molecule has 0 aliphatic carbocycles. The maximum atomic E-state index is 12.6. The van der Waals surface area contributed by atoms with Gasteiger partial charge in [0, 0.05) is 24.7 Å². The maximum absolute atomic E-state index is 12.6. The number of nitrogens with two attached hydrogens (primary N) is 1. The van der Waals surface area contributed by atoms with Crippen molar-refractivity contribution in [2.24, 2.45) is 5.92 Å². The average Bonchev–Trinajstić information content (AvgIpc) is 3.06. The Labute approximate surface area is 163 Å². The number of carbonyl (C=O) groups is 2. The van der Waals surface area contributed by atoms with Crippen molar-refractivity contribution in [2.45, 2.75) is 39.2 Å². The highest BCUT2D eigenvalue weighted by atomic mass is 32.1. The van der Waals surface area contributed by atoms with Gasteiger partial charge >= 0.3 is 0 Å². The number of nitrogen functional groups attached to an aromatic ring is 1. The van der Waals surface area contributed by atoms with Gasteiger partial charge in [0.05, 0.1) is 6.42 Å². The van der Waals surface area contributed by atoms with E-state index in [1.807, 2.05) is 36.1 Å². The molecule has 1 aliphatic rings. The number of hydrogen-bond donors (Lipinski definition) is 2. The van der Waals surface area contributed by atoms with Crippen LogP contribution in [0.25, 0.3) is 0 Å². The summed E-state index contributed by atoms with van der Waals surface area (Å²) >= 11 is 1.25. The largest absolute Gasteiger partial charge is 0.374 e. The SMILES string of the molecule is CC[C@@H]1CN(C(=O)Cc2nnc(N)s2)CC[C@@H]1NC(=O)c1cccc(C)c1. The second kappa shape index (κ2) is 8.47. The van der Waals surface area contributed by atoms with Crippen LogP contribution in [0.1, 0.15) is 40.7 Å². The van der Waals surface area contributed by atoms with E-state index in [4.69, 9.17) is 5.73 Å². The monoisotopic (exact) mass is 387 g/mol. The number of likely N-dealkylation sites (tertiary alicyclic amines) is 1. The van der Waals surface area contributed by atoms with Gasteiger partial charge in [-0.15, -0.1) is 10.2 Å². The van der Waals surface area contributed by atoms with Gasteiger partial charge in [-0.25, -0.2) is 0 Å². The third-order valence-corrected chi connectivity index (χ3v) is 5.75. The molecule has 7 nitrogen and oxygen atoms in total. The molecule has 8 heteroatoms. The molecule has 2 amide bonds. The molecular weight excluding hydrogens is 362 g/mol. The van der Waals surface area contributed by atoms with Gasteiger partial charge in [0.15, 0.2) is 0 Å². The van der Waals surface area contributed by atoms with E-state index in [1.165, 1.54) is 11.3 Å². The van der Waals surface area contributed by atoms with Crippen molar-refractivity contribution in [1.29, 1.82) is 0 Å². The third-order valence-electron chi connectivity index (χ3n) is 4.99. The highest BCUT2D eigenvalue weighted by Gasteiger charge is 2.31. The minimum Gasteiger partial charge on any atom is -0.374 e. The lowest BCUT2D eigenvalue weighted by Gasteiger charge is -2.38. The zero-order valence-corrected chi connectivity index (χ0v) is 16.5. The van der Waals surface area contributed by atoms with Crippen LogP contribution in [-0.2, 0) is 11.2 Å². The number of hydrogen-bond acceptors (Lipinski definition) is 6. The molecule has 3 N–H and O–H groups in total. The zero-order chi connectivity index (χ0) is 19.4. The van der Waals surface area contributed by atoms with Gasteiger partial charge in [-0.1, -0.05) is 36.0 Å². The van der Waals surface area contributed by atoms with Gasteiger partial charge in [-0.2, -0.15) is 0 Å². The third kappa shape index (κ3) is 4.82. The van der Waals surface area contributed by atoms with Crippen molar-refractivity contribution in [3.05, 3.63) is 40.4 Å². The molecular formula is C19H25N5O2S. The fourth-order valence-electron chi connectivity index (χ4n) is 3.48. The number of rotatable bonds is 5. The Morgan fingerprint density at radius 2 is 2.19 bits per heavy atom. The summed E-state index contributed by atoms with van der Waals surface area (Å²) in [6, 6.07) is 7.66. The lowest BCUT2D eigenvalue weighted by molar-refractivity contribution is -0.132. The first-order chi connectivity index (χ1) is 13.0. The summed E-state index contributed by atoms with van der Waals surface area (Å²) in [4.78, 5) is 27.0. The molecule has 2 atom stereocenters. The first-order valence-electron chi connectivity index (χ1n) is 9.19.